The topological polar surface area (TPSA) is 20.2 Å². The summed E-state index contributed by atoms with van der Waals surface area (Å²) in [6.07, 6.45) is 3.73. The van der Waals surface area contributed by atoms with Crippen molar-refractivity contribution < 1.29 is 5.11 Å². The third kappa shape index (κ3) is 3.60. The van der Waals surface area contributed by atoms with Crippen LogP contribution in [0, 0.1) is 0 Å². The fourth-order valence-electron chi connectivity index (χ4n) is 0.874. The average Bonchev–Trinajstić information content (AvgIpc) is 2.18. The van der Waals surface area contributed by atoms with Crippen molar-refractivity contribution in [3.8, 4) is 5.75 Å². The average molecular weight is 233 g/mol. The van der Waals surface area contributed by atoms with Gasteiger partial charge in [-0.3, -0.25) is 0 Å². The first-order valence-corrected chi connectivity index (χ1v) is 5.21. The second-order valence-corrected chi connectivity index (χ2v) is 3.15. The maximum Gasteiger partial charge on any atom is 0.152 e. The van der Waals surface area contributed by atoms with Crippen LogP contribution in [0.25, 0.3) is 6.08 Å². The number of phenolic OH excluding ortho intramolecular Hbond substituents is 1. The number of hydrogen-bond donors (Lipinski definition) is 1. The van der Waals surface area contributed by atoms with Crippen molar-refractivity contribution in [3.05, 3.63) is 33.8 Å². The number of hydrogen-bond acceptors (Lipinski definition) is 1. The first-order chi connectivity index (χ1) is 6.65. The monoisotopic (exact) mass is 232 g/mol. The minimum Gasteiger partial charge on any atom is -0.505 e. The number of aromatic hydroxyl groups is 1. The summed E-state index contributed by atoms with van der Waals surface area (Å²) in [5.74, 6) is -0.0633. The van der Waals surface area contributed by atoms with Crippen molar-refractivity contribution in [2.45, 2.75) is 20.8 Å². The highest BCUT2D eigenvalue weighted by Gasteiger charge is 2.04. The van der Waals surface area contributed by atoms with Crippen LogP contribution < -0.4 is 0 Å². The van der Waals surface area contributed by atoms with Crippen molar-refractivity contribution in [3.63, 3.8) is 0 Å². The molecule has 0 aliphatic carbocycles. The van der Waals surface area contributed by atoms with Crippen molar-refractivity contribution in [1.82, 2.24) is 0 Å². The lowest BCUT2D eigenvalue weighted by atomic mass is 10.2. The van der Waals surface area contributed by atoms with Gasteiger partial charge in [-0.15, -0.1) is 0 Å². The Morgan fingerprint density at radius 1 is 1.14 bits per heavy atom. The molecule has 0 spiro atoms. The SMILES string of the molecule is C/C=C/c1cc(Cl)c(O)c(Cl)c1.CC. The predicted octanol–water partition coefficient (Wildman–Crippen LogP) is 4.76. The lowest BCUT2D eigenvalue weighted by Crippen LogP contribution is -1.75. The Balaban J connectivity index is 0.000000791. The Bertz CT molecular complexity index is 296. The van der Waals surface area contributed by atoms with E-state index in [4.69, 9.17) is 23.2 Å². The normalized spacial score (nSPS) is 9.79. The third-order valence-electron chi connectivity index (χ3n) is 1.40. The molecule has 0 bridgehead atoms. The lowest BCUT2D eigenvalue weighted by Gasteiger charge is -2.00. The largest absolute Gasteiger partial charge is 0.505 e. The highest BCUT2D eigenvalue weighted by atomic mass is 35.5. The van der Waals surface area contributed by atoms with Gasteiger partial charge in [-0.25, -0.2) is 0 Å². The predicted molar refractivity (Wildman–Crippen MR) is 64.2 cm³/mol. The van der Waals surface area contributed by atoms with Crippen LogP contribution >= 0.6 is 23.2 Å². The highest BCUT2D eigenvalue weighted by molar-refractivity contribution is 6.37. The van der Waals surface area contributed by atoms with Crippen LogP contribution in [0.4, 0.5) is 0 Å². The van der Waals surface area contributed by atoms with Gasteiger partial charge >= 0.3 is 0 Å². The zero-order valence-electron chi connectivity index (χ0n) is 8.51. The van der Waals surface area contributed by atoms with Gasteiger partial charge in [0, 0.05) is 0 Å². The summed E-state index contributed by atoms with van der Waals surface area (Å²) in [6, 6.07) is 3.31. The summed E-state index contributed by atoms with van der Waals surface area (Å²) in [5, 5.41) is 9.76. The van der Waals surface area contributed by atoms with E-state index in [9.17, 15) is 5.11 Å². The van der Waals surface area contributed by atoms with Gasteiger partial charge in [-0.05, 0) is 24.6 Å². The zero-order chi connectivity index (χ0) is 11.1. The van der Waals surface area contributed by atoms with E-state index in [2.05, 4.69) is 0 Å². The molecule has 0 atom stereocenters. The lowest BCUT2D eigenvalue weighted by molar-refractivity contribution is 0.476. The number of halogens is 2. The van der Waals surface area contributed by atoms with Crippen LogP contribution in [0.15, 0.2) is 18.2 Å². The molecule has 3 heteroatoms. The van der Waals surface area contributed by atoms with E-state index in [1.54, 1.807) is 12.1 Å². The molecule has 0 unspecified atom stereocenters. The number of phenols is 1. The summed E-state index contributed by atoms with van der Waals surface area (Å²) in [4.78, 5) is 0. The Hall–Kier alpha value is -0.660. The van der Waals surface area contributed by atoms with Crippen LogP contribution in [-0.4, -0.2) is 5.11 Å². The molecule has 0 fully saturated rings. The van der Waals surface area contributed by atoms with Gasteiger partial charge in [0.2, 0.25) is 0 Å². The fourth-order valence-corrected chi connectivity index (χ4v) is 1.38. The van der Waals surface area contributed by atoms with E-state index in [1.165, 1.54) is 0 Å². The molecule has 14 heavy (non-hydrogen) atoms. The molecule has 0 heterocycles. The Morgan fingerprint density at radius 2 is 1.57 bits per heavy atom. The maximum absolute atomic E-state index is 9.21. The number of allylic oxidation sites excluding steroid dienone is 1. The van der Waals surface area contributed by atoms with E-state index in [-0.39, 0.29) is 15.8 Å². The summed E-state index contributed by atoms with van der Waals surface area (Å²) < 4.78 is 0. The molecular formula is C11H14Cl2O. The van der Waals surface area contributed by atoms with E-state index in [0.29, 0.717) is 0 Å². The molecule has 0 amide bonds. The van der Waals surface area contributed by atoms with Gasteiger partial charge < -0.3 is 5.11 Å². The molecule has 0 saturated carbocycles. The minimum absolute atomic E-state index is 0.0633. The molecule has 1 aromatic rings. The van der Waals surface area contributed by atoms with E-state index >= 15 is 0 Å². The van der Waals surface area contributed by atoms with Crippen LogP contribution in [-0.2, 0) is 0 Å². The van der Waals surface area contributed by atoms with Crippen LogP contribution in [0.3, 0.4) is 0 Å². The standard InChI is InChI=1S/C9H8Cl2O.C2H6/c1-2-3-6-4-7(10)9(12)8(11)5-6;1-2/h2-5,12H,1H3;1-2H3/b3-2+;. The van der Waals surface area contributed by atoms with Gasteiger partial charge in [-0.1, -0.05) is 49.2 Å². The molecule has 0 aliphatic rings. The highest BCUT2D eigenvalue weighted by Crippen LogP contribution is 2.32. The Kier molecular flexibility index (Phi) is 6.43. The Morgan fingerprint density at radius 3 is 1.93 bits per heavy atom. The quantitative estimate of drug-likeness (QED) is 0.741. The van der Waals surface area contributed by atoms with Crippen molar-refractivity contribution in [2.75, 3.05) is 0 Å². The first kappa shape index (κ1) is 13.3. The molecule has 1 aromatic carbocycles. The van der Waals surface area contributed by atoms with Crippen LogP contribution in [0.5, 0.6) is 5.75 Å². The van der Waals surface area contributed by atoms with E-state index < -0.39 is 0 Å². The molecule has 1 nitrogen and oxygen atoms in total. The van der Waals surface area contributed by atoms with Gasteiger partial charge in [-0.2, -0.15) is 0 Å². The van der Waals surface area contributed by atoms with Gasteiger partial charge in [0.1, 0.15) is 0 Å². The molecule has 0 aliphatic heterocycles. The van der Waals surface area contributed by atoms with Crippen LogP contribution in [0.1, 0.15) is 26.3 Å². The molecule has 0 saturated heterocycles. The van der Waals surface area contributed by atoms with E-state index in [0.717, 1.165) is 5.56 Å². The zero-order valence-corrected chi connectivity index (χ0v) is 10.0. The number of benzene rings is 1. The van der Waals surface area contributed by atoms with Crippen LogP contribution in [0.2, 0.25) is 10.0 Å². The third-order valence-corrected chi connectivity index (χ3v) is 1.97. The smallest absolute Gasteiger partial charge is 0.152 e. The van der Waals surface area contributed by atoms with Gasteiger partial charge in [0.15, 0.2) is 5.75 Å². The van der Waals surface area contributed by atoms with E-state index in [1.807, 2.05) is 32.9 Å². The summed E-state index contributed by atoms with van der Waals surface area (Å²) in [7, 11) is 0. The molecule has 78 valence electrons. The summed E-state index contributed by atoms with van der Waals surface area (Å²) in [5.41, 5.74) is 0.880. The van der Waals surface area contributed by atoms with Gasteiger partial charge in [0.05, 0.1) is 10.0 Å². The fraction of sp³-hybridized carbons (Fsp3) is 0.273. The summed E-state index contributed by atoms with van der Waals surface area (Å²) in [6.45, 7) is 5.90. The summed E-state index contributed by atoms with van der Waals surface area (Å²) >= 11 is 11.4. The second kappa shape index (κ2) is 6.74. The Labute approximate surface area is 95.0 Å². The number of rotatable bonds is 1. The molecule has 0 radical (unpaired) electrons. The van der Waals surface area contributed by atoms with Crippen molar-refractivity contribution in [2.24, 2.45) is 0 Å². The van der Waals surface area contributed by atoms with Gasteiger partial charge in [0.25, 0.3) is 0 Å². The maximum atomic E-state index is 9.21. The molecule has 1 N–H and O–H groups in total. The molecule has 0 aromatic heterocycles. The first-order valence-electron chi connectivity index (χ1n) is 4.46. The van der Waals surface area contributed by atoms with Crippen molar-refractivity contribution in [1.29, 1.82) is 0 Å². The molecule has 1 rings (SSSR count). The second-order valence-electron chi connectivity index (χ2n) is 2.33. The van der Waals surface area contributed by atoms with Crippen molar-refractivity contribution >= 4 is 29.3 Å². The minimum atomic E-state index is -0.0633. The molecular weight excluding hydrogens is 219 g/mol.